The minimum absolute atomic E-state index is 0.0279. The third-order valence-electron chi connectivity index (χ3n) is 9.32. The molecule has 4 aliphatic heterocycles. The van der Waals surface area contributed by atoms with Crippen LogP contribution >= 0.6 is 27.5 Å². The van der Waals surface area contributed by atoms with Crippen LogP contribution in [0.2, 0.25) is 5.02 Å². The third kappa shape index (κ3) is 6.50. The first-order chi connectivity index (χ1) is 22.7. The minimum atomic E-state index is -1.40. The molecular weight excluding hydrogens is 690 g/mol. The number of ether oxygens (including phenoxy) is 2. The number of carbonyl (C=O) groups is 4. The van der Waals surface area contributed by atoms with Crippen molar-refractivity contribution in [2.45, 2.75) is 55.9 Å². The number of halogens is 2. The summed E-state index contributed by atoms with van der Waals surface area (Å²) in [5.41, 5.74) is -0.0764. The van der Waals surface area contributed by atoms with E-state index in [0.717, 1.165) is 5.56 Å². The van der Waals surface area contributed by atoms with Gasteiger partial charge in [0.15, 0.2) is 0 Å². The Hall–Kier alpha value is -3.51. The van der Waals surface area contributed by atoms with E-state index in [9.17, 15) is 24.3 Å². The molecule has 2 aromatic carbocycles. The van der Waals surface area contributed by atoms with E-state index in [0.29, 0.717) is 40.9 Å². The molecule has 4 aliphatic rings. The molecule has 2 fully saturated rings. The summed E-state index contributed by atoms with van der Waals surface area (Å²) in [5, 5.41) is 12.9. The summed E-state index contributed by atoms with van der Waals surface area (Å²) in [7, 11) is 0. The number of allylic oxidation sites excluding steroid dienone is 1. The number of aliphatic hydroxyl groups excluding tert-OH is 1. The van der Waals surface area contributed by atoms with E-state index in [1.54, 1.807) is 40.1 Å². The summed E-state index contributed by atoms with van der Waals surface area (Å²) in [5.74, 6) is -3.45. The van der Waals surface area contributed by atoms with Crippen molar-refractivity contribution in [3.63, 3.8) is 0 Å². The monoisotopic (exact) mass is 725 g/mol. The van der Waals surface area contributed by atoms with Crippen LogP contribution in [0.1, 0.15) is 43.7 Å². The number of amides is 3. The van der Waals surface area contributed by atoms with E-state index < -0.39 is 47.5 Å². The molecule has 2 saturated heterocycles. The molecule has 2 N–H and O–H groups in total. The fourth-order valence-electron chi connectivity index (χ4n) is 7.12. The lowest BCUT2D eigenvalue weighted by Crippen LogP contribution is -2.56. The lowest BCUT2D eigenvalue weighted by molar-refractivity contribution is -0.145. The maximum atomic E-state index is 14.9. The van der Waals surface area contributed by atoms with Crippen molar-refractivity contribution in [1.29, 1.82) is 0 Å². The lowest BCUT2D eigenvalue weighted by Gasteiger charge is -2.36. The number of anilines is 1. The van der Waals surface area contributed by atoms with Gasteiger partial charge in [0.2, 0.25) is 11.8 Å². The van der Waals surface area contributed by atoms with E-state index in [2.05, 4.69) is 21.2 Å². The highest BCUT2D eigenvalue weighted by atomic mass is 79.9. The topological polar surface area (TPSA) is 125 Å². The highest BCUT2D eigenvalue weighted by molar-refractivity contribution is 9.11. The number of fused-ring (bicyclic) bond motifs is 2. The van der Waals surface area contributed by atoms with Gasteiger partial charge in [-0.25, -0.2) is 0 Å². The van der Waals surface area contributed by atoms with Crippen molar-refractivity contribution in [1.82, 2.24) is 10.2 Å². The number of nitrogens with one attached hydrogen (secondary N) is 1. The van der Waals surface area contributed by atoms with E-state index in [1.165, 1.54) is 0 Å². The molecule has 6 rings (SSSR count). The number of nitrogens with zero attached hydrogens (tertiary/aromatic N) is 2. The quantitative estimate of drug-likeness (QED) is 0.245. The zero-order valence-corrected chi connectivity index (χ0v) is 28.1. The number of cyclic esters (lactones) is 1. The van der Waals surface area contributed by atoms with Gasteiger partial charge in [-0.3, -0.25) is 19.2 Å². The highest BCUT2D eigenvalue weighted by Gasteiger charge is 2.74. The van der Waals surface area contributed by atoms with E-state index in [-0.39, 0.29) is 44.5 Å². The number of rotatable bonds is 7. The Kier molecular flexibility index (Phi) is 10.2. The second-order valence-electron chi connectivity index (χ2n) is 12.2. The molecule has 12 heteroatoms. The van der Waals surface area contributed by atoms with Gasteiger partial charge in [-0.2, -0.15) is 0 Å². The summed E-state index contributed by atoms with van der Waals surface area (Å²) in [6.07, 6.45) is 6.95. The fraction of sp³-hybridized carbons (Fsp3) is 0.429. The molecule has 4 heterocycles. The molecule has 248 valence electrons. The number of carbonyl (C=O) groups excluding carboxylic acids is 4. The Morgan fingerprint density at radius 3 is 2.49 bits per heavy atom. The SMILES string of the molecule is O=C1CC/C=C\CN(c2ccc(Cl)cc2)C(=O)[C@H]2N(CCCCCO)C(=O)[C@@H]3[C@@H](C(=O)N[C@@H](c4ccccc4)CO1)[C@@H]1O[C@@]32C=C1Br. The molecular formula is C35H37BrClN3O7. The Labute approximate surface area is 286 Å². The van der Waals surface area contributed by atoms with Gasteiger partial charge in [0.05, 0.1) is 17.9 Å². The van der Waals surface area contributed by atoms with Gasteiger partial charge < -0.3 is 29.7 Å². The molecule has 0 aliphatic carbocycles. The van der Waals surface area contributed by atoms with Gasteiger partial charge in [0.25, 0.3) is 5.91 Å². The van der Waals surface area contributed by atoms with Gasteiger partial charge in [0, 0.05) is 41.3 Å². The first-order valence-corrected chi connectivity index (χ1v) is 17.1. The Morgan fingerprint density at radius 1 is 0.979 bits per heavy atom. The largest absolute Gasteiger partial charge is 0.463 e. The fourth-order valence-corrected chi connectivity index (χ4v) is 7.98. The number of esters is 1. The van der Waals surface area contributed by atoms with Crippen LogP contribution in [0.3, 0.4) is 0 Å². The number of hydrogen-bond acceptors (Lipinski definition) is 7. The van der Waals surface area contributed by atoms with E-state index in [4.69, 9.17) is 21.1 Å². The van der Waals surface area contributed by atoms with Crippen LogP contribution in [0.25, 0.3) is 0 Å². The zero-order chi connectivity index (χ0) is 33.1. The zero-order valence-electron chi connectivity index (χ0n) is 25.7. The summed E-state index contributed by atoms with van der Waals surface area (Å²) in [6.45, 7) is 0.363. The van der Waals surface area contributed by atoms with Crippen LogP contribution < -0.4 is 10.2 Å². The minimum Gasteiger partial charge on any atom is -0.463 e. The molecule has 6 atom stereocenters. The normalized spacial score (nSPS) is 30.2. The molecule has 3 amide bonds. The predicted molar refractivity (Wildman–Crippen MR) is 178 cm³/mol. The van der Waals surface area contributed by atoms with Crippen molar-refractivity contribution in [2.24, 2.45) is 11.8 Å². The van der Waals surface area contributed by atoms with Crippen LogP contribution in [-0.2, 0) is 28.7 Å². The first kappa shape index (κ1) is 33.4. The summed E-state index contributed by atoms with van der Waals surface area (Å²) in [6, 6.07) is 14.4. The molecule has 10 nitrogen and oxygen atoms in total. The predicted octanol–water partition coefficient (Wildman–Crippen LogP) is 4.46. The molecule has 1 spiro atoms. The average Bonchev–Trinajstić information content (AvgIpc) is 3.66. The maximum absolute atomic E-state index is 14.9. The standard InChI is InChI=1S/C35H37BrClN3O7/c36-25-20-35-29-28(30(25)47-35)32(43)38-26(22-10-4-1-5-11-22)21-46-27(42)12-6-2-7-17-39(24-15-13-23(37)14-16-24)34(45)31(35)40(33(29)44)18-8-3-9-19-41/h1-2,4-5,7,10-11,13-16,20,26,28-31,41H,3,6,8-9,12,17-19,21H2,(H,38,43)/b7-2-/t26-,28-,29+,30-,31-,35+/m1/s1. The second kappa shape index (κ2) is 14.3. The molecule has 0 aromatic heterocycles. The Morgan fingerprint density at radius 2 is 1.74 bits per heavy atom. The number of likely N-dealkylation sites (tertiary alicyclic amines) is 1. The number of aliphatic hydroxyl groups is 1. The maximum Gasteiger partial charge on any atom is 0.306 e. The second-order valence-corrected chi connectivity index (χ2v) is 13.6. The molecule has 0 radical (unpaired) electrons. The van der Waals surface area contributed by atoms with Gasteiger partial charge in [-0.1, -0.05) is 70.0 Å². The van der Waals surface area contributed by atoms with Crippen molar-refractivity contribution in [3.8, 4) is 0 Å². The first-order valence-electron chi connectivity index (χ1n) is 16.0. The van der Waals surface area contributed by atoms with Crippen molar-refractivity contribution in [3.05, 3.63) is 87.9 Å². The Bertz CT molecular complexity index is 1570. The van der Waals surface area contributed by atoms with Crippen LogP contribution in [0.5, 0.6) is 0 Å². The third-order valence-corrected chi connectivity index (χ3v) is 10.3. The molecule has 2 aromatic rings. The summed E-state index contributed by atoms with van der Waals surface area (Å²) >= 11 is 9.79. The van der Waals surface area contributed by atoms with E-state index in [1.807, 2.05) is 42.5 Å². The summed E-state index contributed by atoms with van der Waals surface area (Å²) < 4.78 is 12.8. The van der Waals surface area contributed by atoms with Crippen LogP contribution in [0.4, 0.5) is 5.69 Å². The molecule has 47 heavy (non-hydrogen) atoms. The molecule has 0 saturated carbocycles. The highest BCUT2D eigenvalue weighted by Crippen LogP contribution is 2.58. The van der Waals surface area contributed by atoms with Crippen molar-refractivity contribution < 1.29 is 33.8 Å². The Balaban J connectivity index is 1.43. The number of benzene rings is 2. The molecule has 0 unspecified atom stereocenters. The van der Waals surface area contributed by atoms with E-state index >= 15 is 0 Å². The van der Waals surface area contributed by atoms with Crippen LogP contribution in [-0.4, -0.2) is 77.7 Å². The molecule has 5 bridgehead atoms. The van der Waals surface area contributed by atoms with Gasteiger partial charge >= 0.3 is 5.97 Å². The van der Waals surface area contributed by atoms with Gasteiger partial charge in [0.1, 0.15) is 24.4 Å². The number of hydrogen-bond donors (Lipinski definition) is 2. The summed E-state index contributed by atoms with van der Waals surface area (Å²) in [4.78, 5) is 59.4. The van der Waals surface area contributed by atoms with Gasteiger partial charge in [-0.15, -0.1) is 0 Å². The smallest absolute Gasteiger partial charge is 0.306 e. The van der Waals surface area contributed by atoms with Crippen molar-refractivity contribution in [2.75, 3.05) is 31.2 Å². The van der Waals surface area contributed by atoms with Crippen LogP contribution in [0.15, 0.2) is 77.3 Å². The number of unbranched alkanes of at least 4 members (excludes halogenated alkanes) is 2. The van der Waals surface area contributed by atoms with Gasteiger partial charge in [-0.05, 0) is 61.6 Å². The lowest BCUT2D eigenvalue weighted by atomic mass is 9.74. The average molecular weight is 727 g/mol. The van der Waals surface area contributed by atoms with Crippen LogP contribution in [0, 0.1) is 11.8 Å². The van der Waals surface area contributed by atoms with Crippen molar-refractivity contribution >= 4 is 56.9 Å².